The average molecular weight is 434 g/mol. The zero-order valence-electron chi connectivity index (χ0n) is 17.7. The van der Waals surface area contributed by atoms with Crippen molar-refractivity contribution in [3.8, 4) is 5.75 Å². The molecule has 2 aliphatic heterocycles. The standard InChI is InChI=1S/C23H31NO7/c1-24-9-8-23-7-3-2-4-14(23)16(24)10-12-5-6-13(11-15(12)23)30-22-19(27)17(25)18(26)20(31-22)21(28)29/h5-6,11,14,16-20,22,25-27H,2-4,7-10H2,1H3,(H,28,29)/t14-,16-,17+,18+,19-,20+,22-,23-/m1/s1. The van der Waals surface area contributed by atoms with Gasteiger partial charge in [0.15, 0.2) is 0 Å². The van der Waals surface area contributed by atoms with Crippen LogP contribution in [-0.4, -0.2) is 71.6 Å². The SMILES string of the molecule is C[NH+]1CC[C@]23CCCC[C@@H]2[C@H]1Cc1ccc(O[C@@H]2O[C@H](C(=O)[O-])[C@@H](O)[C@H](O)[C@H]2O)cc13. The summed E-state index contributed by atoms with van der Waals surface area (Å²) in [4.78, 5) is 12.9. The zero-order valence-corrected chi connectivity index (χ0v) is 17.7. The summed E-state index contributed by atoms with van der Waals surface area (Å²) in [6.07, 6.45) is -1.21. The first kappa shape index (κ1) is 21.2. The Labute approximate surface area is 181 Å². The first-order valence-electron chi connectivity index (χ1n) is 11.3. The number of quaternary nitrogens is 1. The Kier molecular flexibility index (Phi) is 5.26. The highest BCUT2D eigenvalue weighted by Gasteiger charge is 2.55. The van der Waals surface area contributed by atoms with E-state index in [0.717, 1.165) is 25.8 Å². The molecule has 0 aromatic heterocycles. The van der Waals surface area contributed by atoms with Gasteiger partial charge in [-0.25, -0.2) is 0 Å². The number of aliphatic hydroxyl groups excluding tert-OH is 3. The molecule has 4 N–H and O–H groups in total. The third-order valence-electron chi connectivity index (χ3n) is 8.29. The predicted molar refractivity (Wildman–Crippen MR) is 106 cm³/mol. The third-order valence-corrected chi connectivity index (χ3v) is 8.29. The number of piperidine rings is 1. The van der Waals surface area contributed by atoms with Crippen molar-refractivity contribution in [2.45, 2.75) is 80.7 Å². The lowest BCUT2D eigenvalue weighted by molar-refractivity contribution is -0.919. The van der Waals surface area contributed by atoms with Crippen molar-refractivity contribution in [1.29, 1.82) is 0 Å². The molecule has 0 radical (unpaired) electrons. The first-order valence-corrected chi connectivity index (χ1v) is 11.3. The van der Waals surface area contributed by atoms with E-state index in [4.69, 9.17) is 9.47 Å². The third kappa shape index (κ3) is 3.27. The van der Waals surface area contributed by atoms with E-state index < -0.39 is 36.7 Å². The Morgan fingerprint density at radius 2 is 2.00 bits per heavy atom. The minimum absolute atomic E-state index is 0.143. The van der Waals surface area contributed by atoms with Crippen LogP contribution in [0.3, 0.4) is 0 Å². The number of carboxylic acid groups (broad SMARTS) is 1. The van der Waals surface area contributed by atoms with Gasteiger partial charge in [0.1, 0.15) is 30.2 Å². The molecule has 8 heteroatoms. The number of aliphatic carboxylic acids is 1. The first-order chi connectivity index (χ1) is 14.8. The van der Waals surface area contributed by atoms with Crippen LogP contribution in [0, 0.1) is 5.92 Å². The van der Waals surface area contributed by atoms with Gasteiger partial charge in [-0.2, -0.15) is 0 Å². The normalized spacial score (nSPS) is 44.1. The monoisotopic (exact) mass is 433 g/mol. The van der Waals surface area contributed by atoms with E-state index in [0.29, 0.717) is 17.7 Å². The summed E-state index contributed by atoms with van der Waals surface area (Å²) in [5, 5.41) is 41.5. The van der Waals surface area contributed by atoms with Gasteiger partial charge in [0.05, 0.1) is 25.6 Å². The predicted octanol–water partition coefficient (Wildman–Crippen LogP) is -2.11. The maximum absolute atomic E-state index is 11.3. The number of rotatable bonds is 3. The molecule has 1 aromatic rings. The van der Waals surface area contributed by atoms with Gasteiger partial charge < -0.3 is 39.6 Å². The molecular weight excluding hydrogens is 402 g/mol. The van der Waals surface area contributed by atoms with Gasteiger partial charge in [-0.3, -0.25) is 0 Å². The van der Waals surface area contributed by atoms with Crippen LogP contribution in [0.2, 0.25) is 0 Å². The van der Waals surface area contributed by atoms with Crippen LogP contribution in [-0.2, 0) is 21.4 Å². The average Bonchev–Trinajstić information content (AvgIpc) is 2.76. The molecule has 1 saturated carbocycles. The zero-order chi connectivity index (χ0) is 21.9. The van der Waals surface area contributed by atoms with Crippen molar-refractivity contribution >= 4 is 5.97 Å². The number of ether oxygens (including phenoxy) is 2. The summed E-state index contributed by atoms with van der Waals surface area (Å²) in [5.74, 6) is -0.554. The molecule has 3 fully saturated rings. The molecule has 9 atom stereocenters. The lowest BCUT2D eigenvalue weighted by Crippen LogP contribution is -3.16. The topological polar surface area (TPSA) is 124 Å². The number of benzene rings is 1. The van der Waals surface area contributed by atoms with E-state index in [-0.39, 0.29) is 5.41 Å². The van der Waals surface area contributed by atoms with Crippen molar-refractivity contribution in [2.24, 2.45) is 5.92 Å². The quantitative estimate of drug-likeness (QED) is 0.430. The maximum Gasteiger partial charge on any atom is 0.229 e. The van der Waals surface area contributed by atoms with Crippen LogP contribution in [0.4, 0.5) is 0 Å². The summed E-state index contributed by atoms with van der Waals surface area (Å²) >= 11 is 0. The van der Waals surface area contributed by atoms with Crippen LogP contribution < -0.4 is 14.7 Å². The number of nitrogens with one attached hydrogen (secondary N) is 1. The Bertz CT molecular complexity index is 862. The lowest BCUT2D eigenvalue weighted by atomic mass is 9.52. The molecule has 170 valence electrons. The summed E-state index contributed by atoms with van der Waals surface area (Å²) in [5.41, 5.74) is 2.79. The highest BCUT2D eigenvalue weighted by Crippen LogP contribution is 2.53. The molecule has 5 rings (SSSR count). The number of hydrogen-bond acceptors (Lipinski definition) is 7. The Morgan fingerprint density at radius 3 is 2.77 bits per heavy atom. The molecule has 0 amide bonds. The molecule has 4 aliphatic rings. The lowest BCUT2D eigenvalue weighted by Gasteiger charge is -2.56. The number of carboxylic acids is 1. The Hall–Kier alpha value is -1.71. The van der Waals surface area contributed by atoms with Crippen molar-refractivity contribution in [3.63, 3.8) is 0 Å². The second kappa shape index (κ2) is 7.71. The number of likely N-dealkylation sites (tertiary alicyclic amines) is 1. The molecule has 31 heavy (non-hydrogen) atoms. The fraction of sp³-hybridized carbons (Fsp3) is 0.696. The summed E-state index contributed by atoms with van der Waals surface area (Å²) < 4.78 is 11.1. The Balaban J connectivity index is 1.45. The molecule has 1 unspecified atom stereocenters. The smallest absolute Gasteiger partial charge is 0.229 e. The van der Waals surface area contributed by atoms with E-state index in [1.807, 2.05) is 12.1 Å². The number of carbonyl (C=O) groups is 1. The fourth-order valence-corrected chi connectivity index (χ4v) is 6.68. The highest BCUT2D eigenvalue weighted by atomic mass is 16.7. The maximum atomic E-state index is 11.3. The number of aliphatic hydroxyl groups is 3. The van der Waals surface area contributed by atoms with E-state index in [1.54, 1.807) is 4.90 Å². The van der Waals surface area contributed by atoms with Crippen LogP contribution in [0.1, 0.15) is 43.2 Å². The molecule has 1 aromatic carbocycles. The van der Waals surface area contributed by atoms with Crippen molar-refractivity contribution < 1.29 is 39.6 Å². The van der Waals surface area contributed by atoms with Crippen molar-refractivity contribution in [2.75, 3.05) is 13.6 Å². The Morgan fingerprint density at radius 1 is 1.19 bits per heavy atom. The highest BCUT2D eigenvalue weighted by molar-refractivity contribution is 5.71. The van der Waals surface area contributed by atoms with Gasteiger partial charge in [0.2, 0.25) is 6.29 Å². The van der Waals surface area contributed by atoms with E-state index in [9.17, 15) is 25.2 Å². The van der Waals surface area contributed by atoms with Crippen molar-refractivity contribution in [1.82, 2.24) is 0 Å². The van der Waals surface area contributed by atoms with Crippen molar-refractivity contribution in [3.05, 3.63) is 29.3 Å². The second-order valence-corrected chi connectivity index (χ2v) is 9.82. The van der Waals surface area contributed by atoms with Gasteiger partial charge in [0.25, 0.3) is 0 Å². The summed E-state index contributed by atoms with van der Waals surface area (Å²) in [6, 6.07) is 6.54. The summed E-state index contributed by atoms with van der Waals surface area (Å²) in [7, 11) is 2.31. The fourth-order valence-electron chi connectivity index (χ4n) is 6.68. The van der Waals surface area contributed by atoms with Gasteiger partial charge >= 0.3 is 0 Å². The molecule has 0 spiro atoms. The van der Waals surface area contributed by atoms with Crippen LogP contribution in [0.15, 0.2) is 18.2 Å². The largest absolute Gasteiger partial charge is 0.547 e. The number of hydrogen-bond donors (Lipinski definition) is 4. The molecule has 2 heterocycles. The minimum Gasteiger partial charge on any atom is -0.547 e. The molecule has 2 saturated heterocycles. The van der Waals surface area contributed by atoms with E-state index in [1.165, 1.54) is 30.4 Å². The van der Waals surface area contributed by atoms with Crippen LogP contribution in [0.5, 0.6) is 5.75 Å². The number of fused-ring (bicyclic) bond motifs is 1. The van der Waals surface area contributed by atoms with E-state index >= 15 is 0 Å². The van der Waals surface area contributed by atoms with Crippen LogP contribution in [0.25, 0.3) is 0 Å². The molecule has 8 nitrogen and oxygen atoms in total. The van der Waals surface area contributed by atoms with Gasteiger partial charge in [-0.15, -0.1) is 0 Å². The van der Waals surface area contributed by atoms with Gasteiger partial charge in [0, 0.05) is 24.2 Å². The molecule has 2 aliphatic carbocycles. The molecular formula is C23H31NO7. The van der Waals surface area contributed by atoms with Crippen LogP contribution >= 0.6 is 0 Å². The summed E-state index contributed by atoms with van der Waals surface area (Å²) in [6.45, 7) is 1.15. The van der Waals surface area contributed by atoms with Gasteiger partial charge in [-0.1, -0.05) is 18.9 Å². The number of likely N-dealkylation sites (N-methyl/N-ethyl adjacent to an activating group) is 1. The number of carbonyl (C=O) groups excluding carboxylic acids is 1. The second-order valence-electron chi connectivity index (χ2n) is 9.82. The molecule has 2 bridgehead atoms. The van der Waals surface area contributed by atoms with Gasteiger partial charge in [-0.05, 0) is 36.1 Å². The van der Waals surface area contributed by atoms with E-state index in [2.05, 4.69) is 13.1 Å². The minimum atomic E-state index is -1.79.